The molecule has 0 spiro atoms. The highest BCUT2D eigenvalue weighted by atomic mass is 79.9. The van der Waals surface area contributed by atoms with Gasteiger partial charge in [-0.3, -0.25) is 0 Å². The highest BCUT2D eigenvalue weighted by molar-refractivity contribution is 9.10. The van der Waals surface area contributed by atoms with Crippen molar-refractivity contribution in [3.05, 3.63) is 57.3 Å². The monoisotopic (exact) mass is 357 g/mol. The Labute approximate surface area is 131 Å². The third-order valence-electron chi connectivity index (χ3n) is 2.74. The minimum atomic E-state index is -0.297. The summed E-state index contributed by atoms with van der Waals surface area (Å²) in [5.74, 6) is 0.657. The molecular weight excluding hydrogens is 345 g/mol. The van der Waals surface area contributed by atoms with E-state index >= 15 is 0 Å². The van der Waals surface area contributed by atoms with Crippen molar-refractivity contribution in [2.75, 3.05) is 6.54 Å². The average molecular weight is 359 g/mol. The SMILES string of the molecule is CCNCc1c(F)cccc1Oc1cc(Br)ccc1Cl. The molecule has 5 heteroatoms. The van der Waals surface area contributed by atoms with Crippen LogP contribution in [0.4, 0.5) is 4.39 Å². The van der Waals surface area contributed by atoms with Crippen molar-refractivity contribution in [3.8, 4) is 11.5 Å². The Kier molecular flexibility index (Phi) is 5.40. The van der Waals surface area contributed by atoms with E-state index in [0.29, 0.717) is 28.6 Å². The molecule has 0 amide bonds. The van der Waals surface area contributed by atoms with E-state index in [1.165, 1.54) is 6.07 Å². The summed E-state index contributed by atoms with van der Waals surface area (Å²) in [5, 5.41) is 3.57. The summed E-state index contributed by atoms with van der Waals surface area (Å²) in [5.41, 5.74) is 0.491. The lowest BCUT2D eigenvalue weighted by Gasteiger charge is -2.13. The summed E-state index contributed by atoms with van der Waals surface area (Å²) in [4.78, 5) is 0. The fourth-order valence-electron chi connectivity index (χ4n) is 1.73. The van der Waals surface area contributed by atoms with Crippen molar-refractivity contribution in [2.45, 2.75) is 13.5 Å². The summed E-state index contributed by atoms with van der Waals surface area (Å²) < 4.78 is 20.5. The Hall–Kier alpha value is -1.10. The van der Waals surface area contributed by atoms with E-state index in [0.717, 1.165) is 11.0 Å². The van der Waals surface area contributed by atoms with Crippen LogP contribution in [0.25, 0.3) is 0 Å². The molecule has 0 fully saturated rings. The van der Waals surface area contributed by atoms with E-state index in [4.69, 9.17) is 16.3 Å². The first-order valence-corrected chi connectivity index (χ1v) is 7.40. The Morgan fingerprint density at radius 2 is 2.05 bits per heavy atom. The van der Waals surface area contributed by atoms with Crippen molar-refractivity contribution in [3.63, 3.8) is 0 Å². The van der Waals surface area contributed by atoms with Gasteiger partial charge >= 0.3 is 0 Å². The van der Waals surface area contributed by atoms with Crippen molar-refractivity contribution >= 4 is 27.5 Å². The zero-order valence-corrected chi connectivity index (χ0v) is 13.3. The lowest BCUT2D eigenvalue weighted by molar-refractivity contribution is 0.462. The molecule has 2 rings (SSSR count). The average Bonchev–Trinajstić information content (AvgIpc) is 2.42. The fraction of sp³-hybridized carbons (Fsp3) is 0.200. The van der Waals surface area contributed by atoms with Crippen LogP contribution >= 0.6 is 27.5 Å². The molecular formula is C15H14BrClFNO. The Morgan fingerprint density at radius 3 is 2.80 bits per heavy atom. The minimum absolute atomic E-state index is 0.297. The number of hydrogen-bond acceptors (Lipinski definition) is 2. The quantitative estimate of drug-likeness (QED) is 0.798. The first kappa shape index (κ1) is 15.3. The van der Waals surface area contributed by atoms with E-state index in [1.807, 2.05) is 13.0 Å². The molecule has 2 aromatic rings. The van der Waals surface area contributed by atoms with Crippen molar-refractivity contribution in [1.82, 2.24) is 5.32 Å². The second-order valence-corrected chi connectivity index (χ2v) is 5.50. The standard InChI is InChI=1S/C15H14BrClFNO/c1-2-19-9-11-13(18)4-3-5-14(11)20-15-8-10(16)6-7-12(15)17/h3-8,19H,2,9H2,1H3. The van der Waals surface area contributed by atoms with Gasteiger partial charge in [-0.05, 0) is 36.9 Å². The number of benzene rings is 2. The van der Waals surface area contributed by atoms with Crippen molar-refractivity contribution < 1.29 is 9.13 Å². The summed E-state index contributed by atoms with van der Waals surface area (Å²) in [6.07, 6.45) is 0. The second-order valence-electron chi connectivity index (χ2n) is 4.17. The lowest BCUT2D eigenvalue weighted by Crippen LogP contribution is -2.13. The molecule has 0 saturated carbocycles. The summed E-state index contributed by atoms with van der Waals surface area (Å²) in [6, 6.07) is 10.1. The number of nitrogens with one attached hydrogen (secondary N) is 1. The molecule has 0 aliphatic carbocycles. The smallest absolute Gasteiger partial charge is 0.147 e. The molecule has 2 nitrogen and oxygen atoms in total. The van der Waals surface area contributed by atoms with E-state index in [-0.39, 0.29) is 5.82 Å². The van der Waals surface area contributed by atoms with Gasteiger partial charge in [0.05, 0.1) is 5.02 Å². The molecule has 0 aliphatic rings. The van der Waals surface area contributed by atoms with Gasteiger partial charge in [-0.1, -0.05) is 40.5 Å². The molecule has 0 heterocycles. The molecule has 0 atom stereocenters. The Balaban J connectivity index is 2.33. The first-order valence-electron chi connectivity index (χ1n) is 6.23. The molecule has 106 valence electrons. The number of ether oxygens (including phenoxy) is 1. The summed E-state index contributed by atoms with van der Waals surface area (Å²) in [6.45, 7) is 3.13. The molecule has 0 unspecified atom stereocenters. The third kappa shape index (κ3) is 3.72. The Bertz CT molecular complexity index is 606. The van der Waals surface area contributed by atoms with Gasteiger partial charge in [0.1, 0.15) is 17.3 Å². The van der Waals surface area contributed by atoms with Gasteiger partial charge in [0.2, 0.25) is 0 Å². The molecule has 0 saturated heterocycles. The first-order chi connectivity index (χ1) is 9.61. The van der Waals surface area contributed by atoms with Gasteiger partial charge in [-0.25, -0.2) is 4.39 Å². The van der Waals surface area contributed by atoms with Gasteiger partial charge in [0.15, 0.2) is 0 Å². The predicted molar refractivity (Wildman–Crippen MR) is 83.0 cm³/mol. The van der Waals surface area contributed by atoms with Crippen molar-refractivity contribution in [2.24, 2.45) is 0 Å². The van der Waals surface area contributed by atoms with Crippen LogP contribution in [0.1, 0.15) is 12.5 Å². The van der Waals surface area contributed by atoms with Gasteiger partial charge in [-0.2, -0.15) is 0 Å². The van der Waals surface area contributed by atoms with Crippen LogP contribution in [0.15, 0.2) is 40.9 Å². The van der Waals surface area contributed by atoms with Gasteiger partial charge in [-0.15, -0.1) is 0 Å². The normalized spacial score (nSPS) is 10.6. The third-order valence-corrected chi connectivity index (χ3v) is 3.55. The molecule has 1 N–H and O–H groups in total. The van der Waals surface area contributed by atoms with Gasteiger partial charge in [0.25, 0.3) is 0 Å². The fourth-order valence-corrected chi connectivity index (χ4v) is 2.23. The van der Waals surface area contributed by atoms with E-state index in [9.17, 15) is 4.39 Å². The molecule has 0 aromatic heterocycles. The highest BCUT2D eigenvalue weighted by Gasteiger charge is 2.12. The second kappa shape index (κ2) is 7.07. The molecule has 0 bridgehead atoms. The van der Waals surface area contributed by atoms with Gasteiger partial charge < -0.3 is 10.1 Å². The number of halogens is 3. The predicted octanol–water partition coefficient (Wildman–Crippen LogP) is 5.14. The zero-order chi connectivity index (χ0) is 14.5. The number of rotatable bonds is 5. The van der Waals surface area contributed by atoms with Crippen LogP contribution < -0.4 is 10.1 Å². The maximum atomic E-state index is 13.9. The van der Waals surface area contributed by atoms with Crippen LogP contribution in [0.2, 0.25) is 5.02 Å². The number of hydrogen-bond donors (Lipinski definition) is 1. The van der Waals surface area contributed by atoms with Gasteiger partial charge in [0, 0.05) is 16.6 Å². The van der Waals surface area contributed by atoms with E-state index in [1.54, 1.807) is 24.3 Å². The van der Waals surface area contributed by atoms with Crippen LogP contribution in [0.3, 0.4) is 0 Å². The van der Waals surface area contributed by atoms with Crippen LogP contribution in [-0.4, -0.2) is 6.54 Å². The van der Waals surface area contributed by atoms with Crippen molar-refractivity contribution in [1.29, 1.82) is 0 Å². The molecule has 0 aliphatic heterocycles. The minimum Gasteiger partial charge on any atom is -0.455 e. The topological polar surface area (TPSA) is 21.3 Å². The zero-order valence-electron chi connectivity index (χ0n) is 10.9. The molecule has 0 radical (unpaired) electrons. The van der Waals surface area contributed by atoms with Crippen LogP contribution in [-0.2, 0) is 6.54 Å². The molecule has 20 heavy (non-hydrogen) atoms. The largest absolute Gasteiger partial charge is 0.455 e. The highest BCUT2D eigenvalue weighted by Crippen LogP contribution is 2.34. The maximum absolute atomic E-state index is 13.9. The van der Waals surface area contributed by atoms with E-state index in [2.05, 4.69) is 21.2 Å². The maximum Gasteiger partial charge on any atom is 0.147 e. The van der Waals surface area contributed by atoms with E-state index < -0.39 is 0 Å². The van der Waals surface area contributed by atoms with Crippen LogP contribution in [0.5, 0.6) is 11.5 Å². The Morgan fingerprint density at radius 1 is 1.25 bits per heavy atom. The molecule has 2 aromatic carbocycles. The summed E-state index contributed by atoms with van der Waals surface area (Å²) >= 11 is 9.45. The van der Waals surface area contributed by atoms with Crippen LogP contribution in [0, 0.1) is 5.82 Å². The lowest BCUT2D eigenvalue weighted by atomic mass is 10.2. The summed E-state index contributed by atoms with van der Waals surface area (Å²) in [7, 11) is 0.